The minimum Gasteiger partial charge on any atom is -0.365 e. The zero-order chi connectivity index (χ0) is 18.9. The highest BCUT2D eigenvalue weighted by Gasteiger charge is 2.29. The molecular formula is C20H21FN4O. The Morgan fingerprint density at radius 3 is 2.85 bits per heavy atom. The third kappa shape index (κ3) is 3.35. The molecule has 0 saturated carbocycles. The number of hydrogen-bond donors (Lipinski definition) is 1. The number of carbonyl (C=O) groups excluding carboxylic acids is 1. The predicted molar refractivity (Wildman–Crippen MR) is 102 cm³/mol. The largest absolute Gasteiger partial charge is 0.365 e. The SMILES string of the molecule is CC1=CC(C)(C)N(C)c2cc(F)c(/C=N\NC(=O)c3cccnc3)cc21. The maximum absolute atomic E-state index is 14.5. The van der Waals surface area contributed by atoms with Gasteiger partial charge in [-0.3, -0.25) is 9.78 Å². The van der Waals surface area contributed by atoms with Crippen LogP contribution >= 0.6 is 0 Å². The van der Waals surface area contributed by atoms with Crippen molar-refractivity contribution in [3.8, 4) is 0 Å². The second-order valence-electron chi connectivity index (χ2n) is 6.87. The van der Waals surface area contributed by atoms with Crippen LogP contribution in [0.4, 0.5) is 10.1 Å². The Labute approximate surface area is 152 Å². The van der Waals surface area contributed by atoms with Gasteiger partial charge in [0.25, 0.3) is 5.91 Å². The van der Waals surface area contributed by atoms with Gasteiger partial charge in [-0.1, -0.05) is 6.08 Å². The normalized spacial score (nSPS) is 15.6. The first kappa shape index (κ1) is 17.8. The van der Waals surface area contributed by atoms with Crippen molar-refractivity contribution in [2.75, 3.05) is 11.9 Å². The fraction of sp³-hybridized carbons (Fsp3) is 0.250. The highest BCUT2D eigenvalue weighted by atomic mass is 19.1. The molecule has 0 saturated heterocycles. The average Bonchev–Trinajstić information content (AvgIpc) is 2.61. The van der Waals surface area contributed by atoms with Gasteiger partial charge in [-0.15, -0.1) is 0 Å². The third-order valence-corrected chi connectivity index (χ3v) is 4.63. The number of amides is 1. The molecule has 0 radical (unpaired) electrons. The molecule has 0 atom stereocenters. The van der Waals surface area contributed by atoms with Crippen LogP contribution in [0.5, 0.6) is 0 Å². The summed E-state index contributed by atoms with van der Waals surface area (Å²) in [7, 11) is 1.95. The van der Waals surface area contributed by atoms with Crippen LogP contribution in [-0.2, 0) is 0 Å². The molecule has 1 aliphatic heterocycles. The molecule has 3 rings (SSSR count). The molecule has 26 heavy (non-hydrogen) atoms. The fourth-order valence-electron chi connectivity index (χ4n) is 3.01. The van der Waals surface area contributed by atoms with Crippen molar-refractivity contribution in [2.24, 2.45) is 5.10 Å². The van der Waals surface area contributed by atoms with Crippen LogP contribution in [0.15, 0.2) is 47.8 Å². The number of hydrogen-bond acceptors (Lipinski definition) is 4. The smallest absolute Gasteiger partial charge is 0.272 e. The molecular weight excluding hydrogens is 331 g/mol. The number of rotatable bonds is 3. The first-order chi connectivity index (χ1) is 12.3. The lowest BCUT2D eigenvalue weighted by molar-refractivity contribution is 0.0954. The molecule has 0 fully saturated rings. The number of fused-ring (bicyclic) bond motifs is 1. The summed E-state index contributed by atoms with van der Waals surface area (Å²) in [6.07, 6.45) is 6.49. The second-order valence-corrected chi connectivity index (χ2v) is 6.87. The molecule has 1 aliphatic rings. The molecule has 0 aliphatic carbocycles. The lowest BCUT2D eigenvalue weighted by Gasteiger charge is -2.40. The Bertz CT molecular complexity index is 904. The Kier molecular flexibility index (Phi) is 4.59. The van der Waals surface area contributed by atoms with Crippen molar-refractivity contribution < 1.29 is 9.18 Å². The summed E-state index contributed by atoms with van der Waals surface area (Å²) in [4.78, 5) is 17.9. The van der Waals surface area contributed by atoms with Gasteiger partial charge in [0.1, 0.15) is 5.82 Å². The predicted octanol–water partition coefficient (Wildman–Crippen LogP) is 3.62. The summed E-state index contributed by atoms with van der Waals surface area (Å²) >= 11 is 0. The maximum Gasteiger partial charge on any atom is 0.272 e. The van der Waals surface area contributed by atoms with Crippen molar-refractivity contribution in [1.82, 2.24) is 10.4 Å². The maximum atomic E-state index is 14.5. The first-order valence-electron chi connectivity index (χ1n) is 8.30. The summed E-state index contributed by atoms with van der Waals surface area (Å²) in [5, 5.41) is 3.87. The fourth-order valence-corrected chi connectivity index (χ4v) is 3.01. The number of aromatic nitrogens is 1. The van der Waals surface area contributed by atoms with Gasteiger partial charge in [-0.05, 0) is 50.6 Å². The topological polar surface area (TPSA) is 57.6 Å². The summed E-state index contributed by atoms with van der Waals surface area (Å²) in [5.41, 5.74) is 5.78. The summed E-state index contributed by atoms with van der Waals surface area (Å²) in [6, 6.07) is 6.55. The van der Waals surface area contributed by atoms with E-state index in [1.807, 2.05) is 18.9 Å². The van der Waals surface area contributed by atoms with Crippen LogP contribution in [0.3, 0.4) is 0 Å². The second kappa shape index (κ2) is 6.71. The van der Waals surface area contributed by atoms with Gasteiger partial charge in [0.2, 0.25) is 0 Å². The molecule has 1 N–H and O–H groups in total. The summed E-state index contributed by atoms with van der Waals surface area (Å²) in [6.45, 7) is 6.18. The van der Waals surface area contributed by atoms with E-state index in [1.54, 1.807) is 24.4 Å². The van der Waals surface area contributed by atoms with E-state index in [1.165, 1.54) is 18.5 Å². The van der Waals surface area contributed by atoms with E-state index in [9.17, 15) is 9.18 Å². The summed E-state index contributed by atoms with van der Waals surface area (Å²) in [5.74, 6) is -0.786. The van der Waals surface area contributed by atoms with Crippen molar-refractivity contribution in [2.45, 2.75) is 26.3 Å². The van der Waals surface area contributed by atoms with Gasteiger partial charge >= 0.3 is 0 Å². The Morgan fingerprint density at radius 1 is 1.38 bits per heavy atom. The molecule has 6 heteroatoms. The number of anilines is 1. The van der Waals surface area contributed by atoms with E-state index in [2.05, 4.69) is 35.4 Å². The lowest BCUT2D eigenvalue weighted by Crippen LogP contribution is -2.42. The quantitative estimate of drug-likeness (QED) is 0.678. The monoisotopic (exact) mass is 352 g/mol. The van der Waals surface area contributed by atoms with Crippen LogP contribution in [-0.4, -0.2) is 29.7 Å². The Morgan fingerprint density at radius 2 is 2.15 bits per heavy atom. The lowest BCUT2D eigenvalue weighted by atomic mass is 9.88. The molecule has 5 nitrogen and oxygen atoms in total. The van der Waals surface area contributed by atoms with Crippen molar-refractivity contribution in [3.63, 3.8) is 0 Å². The van der Waals surface area contributed by atoms with Crippen molar-refractivity contribution in [3.05, 3.63) is 65.2 Å². The molecule has 1 amide bonds. The number of likely N-dealkylation sites (N-methyl/N-ethyl adjacent to an activating group) is 1. The van der Waals surface area contributed by atoms with E-state index in [-0.39, 0.29) is 11.4 Å². The zero-order valence-corrected chi connectivity index (χ0v) is 15.2. The van der Waals surface area contributed by atoms with E-state index < -0.39 is 5.91 Å². The Balaban J connectivity index is 1.84. The summed E-state index contributed by atoms with van der Waals surface area (Å²) < 4.78 is 14.5. The van der Waals surface area contributed by atoms with Crippen LogP contribution in [0.2, 0.25) is 0 Å². The van der Waals surface area contributed by atoms with Crippen LogP contribution < -0.4 is 10.3 Å². The van der Waals surface area contributed by atoms with Gasteiger partial charge < -0.3 is 4.90 Å². The number of benzene rings is 1. The zero-order valence-electron chi connectivity index (χ0n) is 15.2. The number of pyridine rings is 1. The van der Waals surface area contributed by atoms with E-state index >= 15 is 0 Å². The minimum atomic E-state index is -0.398. The number of hydrazone groups is 1. The van der Waals surface area contributed by atoms with Gasteiger partial charge in [-0.2, -0.15) is 5.10 Å². The molecule has 2 aromatic rings. The van der Waals surface area contributed by atoms with Gasteiger partial charge in [-0.25, -0.2) is 9.82 Å². The number of carbonyl (C=O) groups is 1. The van der Waals surface area contributed by atoms with E-state index in [4.69, 9.17) is 0 Å². The van der Waals surface area contributed by atoms with Crippen LogP contribution in [0, 0.1) is 5.82 Å². The minimum absolute atomic E-state index is 0.184. The van der Waals surface area contributed by atoms with Crippen molar-refractivity contribution >= 4 is 23.4 Å². The highest BCUT2D eigenvalue weighted by Crippen LogP contribution is 2.38. The van der Waals surface area contributed by atoms with Gasteiger partial charge in [0, 0.05) is 36.3 Å². The molecule has 0 bridgehead atoms. The molecule has 0 spiro atoms. The van der Waals surface area contributed by atoms with Gasteiger partial charge in [0.05, 0.1) is 17.3 Å². The molecule has 1 aromatic carbocycles. The van der Waals surface area contributed by atoms with E-state index in [0.717, 1.165) is 16.8 Å². The van der Waals surface area contributed by atoms with Gasteiger partial charge in [0.15, 0.2) is 0 Å². The third-order valence-electron chi connectivity index (χ3n) is 4.63. The highest BCUT2D eigenvalue weighted by molar-refractivity contribution is 5.95. The number of halogens is 1. The standard InChI is InChI=1S/C20H21FN4O/c1-13-10-20(2,3)25(4)18-9-17(21)15(8-16(13)18)12-23-24-19(26)14-6-5-7-22-11-14/h5-12H,1-4H3,(H,24,26)/b23-12-. The van der Waals surface area contributed by atoms with Crippen molar-refractivity contribution in [1.29, 1.82) is 0 Å². The average molecular weight is 352 g/mol. The molecule has 1 aromatic heterocycles. The van der Waals surface area contributed by atoms with E-state index in [0.29, 0.717) is 11.1 Å². The number of nitrogens with zero attached hydrogens (tertiary/aromatic N) is 3. The molecule has 0 unspecified atom stereocenters. The number of allylic oxidation sites excluding steroid dienone is 1. The molecule has 2 heterocycles. The molecule has 134 valence electrons. The first-order valence-corrected chi connectivity index (χ1v) is 8.30. The van der Waals surface area contributed by atoms with Crippen LogP contribution in [0.25, 0.3) is 5.57 Å². The van der Waals surface area contributed by atoms with Crippen LogP contribution in [0.1, 0.15) is 42.3 Å². The number of nitrogens with one attached hydrogen (secondary N) is 1. The Hall–Kier alpha value is -3.02.